The van der Waals surface area contributed by atoms with Crippen LogP contribution in [0.4, 0.5) is 0 Å². The number of hydrogen-bond donors (Lipinski definition) is 1. The van der Waals surface area contributed by atoms with E-state index in [0.29, 0.717) is 17.1 Å². The molecule has 21 heavy (non-hydrogen) atoms. The first-order valence-corrected chi connectivity index (χ1v) is 9.15. The minimum atomic E-state index is -3.26. The lowest BCUT2D eigenvalue weighted by molar-refractivity contribution is 0.0619. The molecule has 2 rings (SSSR count). The SMILES string of the molecule is CS(=O)(=O)NC[C@H]1CCCCN1C(=O)c1ccccc1Cl. The highest BCUT2D eigenvalue weighted by Crippen LogP contribution is 2.23. The summed E-state index contributed by atoms with van der Waals surface area (Å²) < 4.78 is 25.0. The fourth-order valence-electron chi connectivity index (χ4n) is 2.52. The number of carbonyl (C=O) groups excluding carboxylic acids is 1. The largest absolute Gasteiger partial charge is 0.334 e. The van der Waals surface area contributed by atoms with Crippen molar-refractivity contribution in [1.29, 1.82) is 0 Å². The van der Waals surface area contributed by atoms with Crippen LogP contribution in [0.15, 0.2) is 24.3 Å². The molecule has 0 radical (unpaired) electrons. The summed E-state index contributed by atoms with van der Waals surface area (Å²) in [7, 11) is -3.26. The molecule has 116 valence electrons. The molecular formula is C14H19ClN2O3S. The van der Waals surface area contributed by atoms with E-state index >= 15 is 0 Å². The van der Waals surface area contributed by atoms with Gasteiger partial charge in [-0.05, 0) is 31.4 Å². The number of hydrogen-bond acceptors (Lipinski definition) is 3. The highest BCUT2D eigenvalue weighted by molar-refractivity contribution is 7.88. The Morgan fingerprint density at radius 2 is 2.10 bits per heavy atom. The maximum Gasteiger partial charge on any atom is 0.255 e. The summed E-state index contributed by atoms with van der Waals surface area (Å²) in [6.07, 6.45) is 3.82. The molecule has 0 aromatic heterocycles. The molecule has 1 N–H and O–H groups in total. The Kier molecular flexibility index (Phi) is 5.24. The van der Waals surface area contributed by atoms with Crippen molar-refractivity contribution in [3.63, 3.8) is 0 Å². The number of carbonyl (C=O) groups is 1. The monoisotopic (exact) mass is 330 g/mol. The van der Waals surface area contributed by atoms with Crippen molar-refractivity contribution >= 4 is 27.5 Å². The molecule has 1 heterocycles. The van der Waals surface area contributed by atoms with Gasteiger partial charge in [0.1, 0.15) is 0 Å². The number of halogens is 1. The number of piperidine rings is 1. The molecular weight excluding hydrogens is 312 g/mol. The van der Waals surface area contributed by atoms with Crippen molar-refractivity contribution < 1.29 is 13.2 Å². The summed E-state index contributed by atoms with van der Waals surface area (Å²) in [6, 6.07) is 6.80. The van der Waals surface area contributed by atoms with Gasteiger partial charge in [-0.15, -0.1) is 0 Å². The van der Waals surface area contributed by atoms with Gasteiger partial charge < -0.3 is 4.90 Å². The number of amides is 1. The average molecular weight is 331 g/mol. The van der Waals surface area contributed by atoms with Gasteiger partial charge in [0.25, 0.3) is 5.91 Å². The normalized spacial score (nSPS) is 19.5. The van der Waals surface area contributed by atoms with Gasteiger partial charge in [0.2, 0.25) is 10.0 Å². The van der Waals surface area contributed by atoms with Gasteiger partial charge in [0, 0.05) is 19.1 Å². The van der Waals surface area contributed by atoms with E-state index < -0.39 is 10.0 Å². The van der Waals surface area contributed by atoms with E-state index in [9.17, 15) is 13.2 Å². The number of nitrogens with zero attached hydrogens (tertiary/aromatic N) is 1. The Balaban J connectivity index is 2.15. The fourth-order valence-corrected chi connectivity index (χ4v) is 3.23. The summed E-state index contributed by atoms with van der Waals surface area (Å²) >= 11 is 6.08. The fraction of sp³-hybridized carbons (Fsp3) is 0.500. The molecule has 7 heteroatoms. The van der Waals surface area contributed by atoms with Crippen molar-refractivity contribution in [2.75, 3.05) is 19.3 Å². The van der Waals surface area contributed by atoms with Crippen LogP contribution in [0.2, 0.25) is 5.02 Å². The van der Waals surface area contributed by atoms with E-state index in [1.54, 1.807) is 29.2 Å². The number of rotatable bonds is 4. The molecule has 1 atom stereocenters. The zero-order valence-corrected chi connectivity index (χ0v) is 13.5. The molecule has 1 saturated heterocycles. The van der Waals surface area contributed by atoms with E-state index in [1.165, 1.54) is 0 Å². The van der Waals surface area contributed by atoms with Crippen molar-refractivity contribution in [2.45, 2.75) is 25.3 Å². The number of sulfonamides is 1. The van der Waals surface area contributed by atoms with Gasteiger partial charge in [-0.2, -0.15) is 0 Å². The summed E-state index contributed by atoms with van der Waals surface area (Å²) in [5.74, 6) is -0.138. The zero-order chi connectivity index (χ0) is 15.5. The van der Waals surface area contributed by atoms with Crippen LogP contribution in [0.3, 0.4) is 0 Å². The van der Waals surface area contributed by atoms with Crippen LogP contribution in [-0.4, -0.2) is 44.6 Å². The van der Waals surface area contributed by atoms with E-state index in [-0.39, 0.29) is 18.5 Å². The summed E-state index contributed by atoms with van der Waals surface area (Å²) in [5.41, 5.74) is 0.463. The molecule has 0 aliphatic carbocycles. The maximum atomic E-state index is 12.6. The molecule has 1 aromatic rings. The molecule has 5 nitrogen and oxygen atoms in total. The second-order valence-electron chi connectivity index (χ2n) is 5.25. The van der Waals surface area contributed by atoms with Crippen molar-refractivity contribution in [3.8, 4) is 0 Å². The standard InChI is InChI=1S/C14H19ClN2O3S/c1-21(19,20)16-10-11-6-4-5-9-17(11)14(18)12-7-2-3-8-13(12)15/h2-3,7-8,11,16H,4-6,9-10H2,1H3/t11-/m1/s1. The molecule has 1 aliphatic heterocycles. The number of likely N-dealkylation sites (tertiary alicyclic amines) is 1. The van der Waals surface area contributed by atoms with Crippen LogP contribution in [0.25, 0.3) is 0 Å². The first kappa shape index (κ1) is 16.3. The van der Waals surface area contributed by atoms with Crippen LogP contribution in [0, 0.1) is 0 Å². The second kappa shape index (κ2) is 6.77. The average Bonchev–Trinajstić information content (AvgIpc) is 2.44. The van der Waals surface area contributed by atoms with E-state index in [1.807, 2.05) is 0 Å². The molecule has 0 saturated carbocycles. The third kappa shape index (κ3) is 4.43. The van der Waals surface area contributed by atoms with Crippen LogP contribution >= 0.6 is 11.6 Å². The van der Waals surface area contributed by atoms with Gasteiger partial charge >= 0.3 is 0 Å². The molecule has 1 fully saturated rings. The first-order valence-electron chi connectivity index (χ1n) is 6.88. The minimum Gasteiger partial charge on any atom is -0.334 e. The van der Waals surface area contributed by atoms with E-state index in [4.69, 9.17) is 11.6 Å². The summed E-state index contributed by atoms with van der Waals surface area (Å²) in [6.45, 7) is 0.870. The zero-order valence-electron chi connectivity index (χ0n) is 11.9. The smallest absolute Gasteiger partial charge is 0.255 e. The van der Waals surface area contributed by atoms with Gasteiger partial charge in [-0.1, -0.05) is 23.7 Å². The Morgan fingerprint density at radius 1 is 1.38 bits per heavy atom. The molecule has 0 spiro atoms. The molecule has 0 unspecified atom stereocenters. The lowest BCUT2D eigenvalue weighted by Crippen LogP contribution is -2.49. The van der Waals surface area contributed by atoms with Gasteiger partial charge in [-0.3, -0.25) is 4.79 Å². The molecule has 1 amide bonds. The summed E-state index contributed by atoms with van der Waals surface area (Å²) in [5, 5.41) is 0.419. The van der Waals surface area contributed by atoms with E-state index in [0.717, 1.165) is 25.5 Å². The van der Waals surface area contributed by atoms with Crippen molar-refractivity contribution in [1.82, 2.24) is 9.62 Å². The highest BCUT2D eigenvalue weighted by Gasteiger charge is 2.28. The maximum absolute atomic E-state index is 12.6. The van der Waals surface area contributed by atoms with Crippen LogP contribution in [-0.2, 0) is 10.0 Å². The quantitative estimate of drug-likeness (QED) is 0.916. The van der Waals surface area contributed by atoms with Crippen LogP contribution < -0.4 is 4.72 Å². The van der Waals surface area contributed by atoms with Crippen LogP contribution in [0.1, 0.15) is 29.6 Å². The molecule has 0 bridgehead atoms. The van der Waals surface area contributed by atoms with Crippen LogP contribution in [0.5, 0.6) is 0 Å². The Labute approximate surface area is 130 Å². The van der Waals surface area contributed by atoms with Crippen molar-refractivity contribution in [3.05, 3.63) is 34.9 Å². The Bertz CT molecular complexity index is 618. The van der Waals surface area contributed by atoms with Gasteiger partial charge in [0.05, 0.1) is 16.8 Å². The Morgan fingerprint density at radius 3 is 2.76 bits per heavy atom. The van der Waals surface area contributed by atoms with Gasteiger partial charge in [-0.25, -0.2) is 13.1 Å². The lowest BCUT2D eigenvalue weighted by Gasteiger charge is -2.36. The topological polar surface area (TPSA) is 66.5 Å². The third-order valence-corrected chi connectivity index (χ3v) is 4.59. The predicted octanol–water partition coefficient (Wildman–Crippen LogP) is 1.88. The highest BCUT2D eigenvalue weighted by atomic mass is 35.5. The molecule has 1 aromatic carbocycles. The predicted molar refractivity (Wildman–Crippen MR) is 83.0 cm³/mol. The minimum absolute atomic E-state index is 0.128. The first-order chi connectivity index (χ1) is 9.88. The lowest BCUT2D eigenvalue weighted by atomic mass is 10.0. The third-order valence-electron chi connectivity index (χ3n) is 3.57. The van der Waals surface area contributed by atoms with Gasteiger partial charge in [0.15, 0.2) is 0 Å². The number of nitrogens with one attached hydrogen (secondary N) is 1. The van der Waals surface area contributed by atoms with E-state index in [2.05, 4.69) is 4.72 Å². The van der Waals surface area contributed by atoms with Crippen molar-refractivity contribution in [2.24, 2.45) is 0 Å². The molecule has 1 aliphatic rings. The Hall–Kier alpha value is -1.11. The summed E-state index contributed by atoms with van der Waals surface area (Å²) in [4.78, 5) is 14.3. The second-order valence-corrected chi connectivity index (χ2v) is 7.49. The number of benzene rings is 1.